The van der Waals surface area contributed by atoms with Crippen LogP contribution in [0.4, 0.5) is 14.9 Å². The monoisotopic (exact) mass is 527 g/mol. The van der Waals surface area contributed by atoms with Gasteiger partial charge in [-0.25, -0.2) is 9.18 Å². The van der Waals surface area contributed by atoms with Gasteiger partial charge >= 0.3 is 6.09 Å². The van der Waals surface area contributed by atoms with Gasteiger partial charge in [-0.3, -0.25) is 14.6 Å². The van der Waals surface area contributed by atoms with Crippen LogP contribution in [0, 0.1) is 23.1 Å². The number of carbonyl (C=O) groups is 2. The molecule has 3 aliphatic heterocycles. The predicted molar refractivity (Wildman–Crippen MR) is 139 cm³/mol. The summed E-state index contributed by atoms with van der Waals surface area (Å²) < 4.78 is 26.6. The van der Waals surface area contributed by atoms with Crippen LogP contribution in [-0.2, 0) is 20.7 Å². The van der Waals surface area contributed by atoms with Crippen molar-refractivity contribution < 1.29 is 23.5 Å². The van der Waals surface area contributed by atoms with E-state index >= 15 is 4.39 Å². The van der Waals surface area contributed by atoms with Crippen molar-refractivity contribution in [3.63, 3.8) is 0 Å². The average molecular weight is 528 g/mol. The average Bonchev–Trinajstić information content (AvgIpc) is 3.58. The van der Waals surface area contributed by atoms with Crippen molar-refractivity contribution in [1.29, 1.82) is 5.26 Å². The number of rotatable bonds is 5. The molecular weight excluding hydrogens is 489 g/mol. The van der Waals surface area contributed by atoms with Gasteiger partial charge in [-0.1, -0.05) is 6.07 Å². The highest BCUT2D eigenvalue weighted by Gasteiger charge is 2.52. The summed E-state index contributed by atoms with van der Waals surface area (Å²) in [5.74, 6) is -0.748. The largest absolute Gasteiger partial charge is 0.444 e. The smallest absolute Gasteiger partial charge is 0.411 e. The lowest BCUT2D eigenvalue weighted by Gasteiger charge is -2.35. The van der Waals surface area contributed by atoms with E-state index in [1.165, 1.54) is 6.07 Å². The molecule has 38 heavy (non-hydrogen) atoms. The van der Waals surface area contributed by atoms with E-state index in [4.69, 9.17) is 9.47 Å². The minimum absolute atomic E-state index is 0.0317. The number of benzene rings is 1. The summed E-state index contributed by atoms with van der Waals surface area (Å²) in [6, 6.07) is 5.83. The Kier molecular flexibility index (Phi) is 7.27. The van der Waals surface area contributed by atoms with Crippen molar-refractivity contribution >= 4 is 17.7 Å². The Morgan fingerprint density at radius 3 is 2.76 bits per heavy atom. The Morgan fingerprint density at radius 1 is 1.29 bits per heavy atom. The Labute approximate surface area is 223 Å². The molecule has 0 aromatic heterocycles. The minimum Gasteiger partial charge on any atom is -0.444 e. The number of likely N-dealkylation sites (tertiary alicyclic amines) is 1. The zero-order valence-electron chi connectivity index (χ0n) is 22.7. The zero-order valence-corrected chi connectivity index (χ0v) is 22.7. The maximum Gasteiger partial charge on any atom is 0.411 e. The lowest BCUT2D eigenvalue weighted by Crippen LogP contribution is -2.55. The van der Waals surface area contributed by atoms with Gasteiger partial charge in [0.15, 0.2) is 0 Å². The van der Waals surface area contributed by atoms with E-state index in [0.717, 1.165) is 38.0 Å². The lowest BCUT2D eigenvalue weighted by molar-refractivity contribution is -0.128. The van der Waals surface area contributed by atoms with E-state index in [-0.39, 0.29) is 36.4 Å². The Balaban J connectivity index is 1.23. The number of anilines is 1. The van der Waals surface area contributed by atoms with Crippen LogP contribution in [0.15, 0.2) is 18.2 Å². The maximum atomic E-state index is 15.2. The number of morpholine rings is 1. The van der Waals surface area contributed by atoms with Crippen molar-refractivity contribution in [2.24, 2.45) is 5.92 Å². The number of nitrogens with one attached hydrogen (secondary N) is 1. The molecule has 9 nitrogen and oxygen atoms in total. The van der Waals surface area contributed by atoms with Crippen molar-refractivity contribution in [3.8, 4) is 6.07 Å². The topological polar surface area (TPSA) is 98.1 Å². The molecule has 1 aliphatic carbocycles. The minimum atomic E-state index is -0.917. The Morgan fingerprint density at radius 2 is 2.08 bits per heavy atom. The number of piperidine rings is 1. The van der Waals surface area contributed by atoms with Gasteiger partial charge in [-0.05, 0) is 70.7 Å². The van der Waals surface area contributed by atoms with Crippen LogP contribution in [-0.4, -0.2) is 91.0 Å². The second kappa shape index (κ2) is 10.3. The second-order valence-corrected chi connectivity index (χ2v) is 12.1. The second-order valence-electron chi connectivity index (χ2n) is 12.1. The maximum absolute atomic E-state index is 15.2. The van der Waals surface area contributed by atoms with Crippen LogP contribution in [0.5, 0.6) is 0 Å². The van der Waals surface area contributed by atoms with Crippen molar-refractivity contribution in [1.82, 2.24) is 15.1 Å². The molecular formula is C28H38FN5O4. The molecule has 0 radical (unpaired) electrons. The third-order valence-electron chi connectivity index (χ3n) is 8.34. The van der Waals surface area contributed by atoms with Gasteiger partial charge in [0.2, 0.25) is 5.91 Å². The standard InChI is InChI=1S/C28H38FN5O4/c1-28(2,3)38-27(36)34-21-8-6-18(12-21)25(34)26(35)31-19(14-30)11-17-5-7-20(13-22(17)29)33-15-23-24(16-33)37-10-9-32(23)4/h5,7,13,18-19,21,23-25H,6,8-12,15-16H2,1-4H3,(H,31,35). The number of halogens is 1. The summed E-state index contributed by atoms with van der Waals surface area (Å²) in [5, 5.41) is 12.6. The van der Waals surface area contributed by atoms with Crippen molar-refractivity contribution in [3.05, 3.63) is 29.6 Å². The van der Waals surface area contributed by atoms with Crippen LogP contribution in [0.1, 0.15) is 45.6 Å². The number of fused-ring (bicyclic) bond motifs is 3. The molecule has 4 aliphatic rings. The molecule has 3 heterocycles. The predicted octanol–water partition coefficient (Wildman–Crippen LogP) is 2.68. The third kappa shape index (κ3) is 5.32. The number of nitriles is 1. The molecule has 3 saturated heterocycles. The first-order chi connectivity index (χ1) is 18.0. The quantitative estimate of drug-likeness (QED) is 0.629. The molecule has 1 aromatic carbocycles. The number of nitrogens with zero attached hydrogens (tertiary/aromatic N) is 4. The summed E-state index contributed by atoms with van der Waals surface area (Å²) in [6.45, 7) is 8.46. The molecule has 1 N–H and O–H groups in total. The summed E-state index contributed by atoms with van der Waals surface area (Å²) >= 11 is 0. The Bertz CT molecular complexity index is 1120. The fourth-order valence-corrected chi connectivity index (χ4v) is 6.48. The van der Waals surface area contributed by atoms with Crippen molar-refractivity contribution in [2.75, 3.05) is 38.2 Å². The fraction of sp³-hybridized carbons (Fsp3) is 0.679. The molecule has 6 atom stereocenters. The highest BCUT2D eigenvalue weighted by molar-refractivity contribution is 5.87. The van der Waals surface area contributed by atoms with E-state index in [1.54, 1.807) is 31.7 Å². The van der Waals surface area contributed by atoms with Gasteiger partial charge in [-0.2, -0.15) is 5.26 Å². The van der Waals surface area contributed by atoms with Crippen LogP contribution >= 0.6 is 0 Å². The number of hydrogen-bond acceptors (Lipinski definition) is 7. The molecule has 2 bridgehead atoms. The van der Waals surface area contributed by atoms with Gasteiger partial charge < -0.3 is 19.7 Å². The molecule has 10 heteroatoms. The highest BCUT2D eigenvalue weighted by Crippen LogP contribution is 2.43. The molecule has 1 saturated carbocycles. The van der Waals surface area contributed by atoms with Gasteiger partial charge in [-0.15, -0.1) is 0 Å². The Hall–Kier alpha value is -2.90. The van der Waals surface area contributed by atoms with Gasteiger partial charge in [0.05, 0.1) is 24.8 Å². The van der Waals surface area contributed by atoms with E-state index in [9.17, 15) is 14.9 Å². The van der Waals surface area contributed by atoms with Gasteiger partial charge in [0.25, 0.3) is 0 Å². The van der Waals surface area contributed by atoms with Gasteiger partial charge in [0, 0.05) is 37.8 Å². The van der Waals surface area contributed by atoms with E-state index in [2.05, 4.69) is 28.2 Å². The summed E-state index contributed by atoms with van der Waals surface area (Å²) in [5.41, 5.74) is 0.474. The number of hydrogen-bond donors (Lipinski definition) is 1. The summed E-state index contributed by atoms with van der Waals surface area (Å²) in [6.07, 6.45) is 2.10. The molecule has 1 aromatic rings. The molecule has 0 spiro atoms. The number of carbonyl (C=O) groups excluding carboxylic acids is 2. The van der Waals surface area contributed by atoms with Crippen molar-refractivity contribution in [2.45, 2.75) is 82.3 Å². The lowest BCUT2D eigenvalue weighted by atomic mass is 9.97. The molecule has 5 rings (SSSR count). The van der Waals surface area contributed by atoms with E-state index in [1.807, 2.05) is 6.07 Å². The SMILES string of the molecule is CN1CCOC2CN(c3ccc(CC(C#N)NC(=O)C4C5CCC(C5)N4C(=O)OC(C)(C)C)c(F)c3)CC21. The summed E-state index contributed by atoms with van der Waals surface area (Å²) in [4.78, 5) is 32.2. The van der Waals surface area contributed by atoms with Gasteiger partial charge in [0.1, 0.15) is 23.5 Å². The van der Waals surface area contributed by atoms with E-state index < -0.39 is 29.6 Å². The highest BCUT2D eigenvalue weighted by atomic mass is 19.1. The molecule has 6 unspecified atom stereocenters. The first-order valence-electron chi connectivity index (χ1n) is 13.6. The molecule has 206 valence electrons. The number of amides is 2. The fourth-order valence-electron chi connectivity index (χ4n) is 6.48. The zero-order chi connectivity index (χ0) is 27.2. The van der Waals surface area contributed by atoms with Crippen LogP contribution in [0.2, 0.25) is 0 Å². The first kappa shape index (κ1) is 26.7. The molecule has 2 amide bonds. The van der Waals surface area contributed by atoms with Crippen LogP contribution in [0.3, 0.4) is 0 Å². The summed E-state index contributed by atoms with van der Waals surface area (Å²) in [7, 11) is 2.09. The van der Waals surface area contributed by atoms with Crippen LogP contribution in [0.25, 0.3) is 0 Å². The molecule has 4 fully saturated rings. The number of likely N-dealkylation sites (N-methyl/N-ethyl adjacent to an activating group) is 1. The normalized spacial score (nSPS) is 29.6. The van der Waals surface area contributed by atoms with E-state index in [0.29, 0.717) is 18.7 Å². The first-order valence-corrected chi connectivity index (χ1v) is 13.6. The van der Waals surface area contributed by atoms with Crippen LogP contribution < -0.4 is 10.2 Å². The number of ether oxygens (including phenoxy) is 2. The third-order valence-corrected chi connectivity index (χ3v) is 8.34.